The van der Waals surface area contributed by atoms with Crippen LogP contribution < -0.4 is 20.4 Å². The first-order valence-electron chi connectivity index (χ1n) is 20.1. The number of carbonyl (C=O) groups is 3. The van der Waals surface area contributed by atoms with Crippen LogP contribution in [0.25, 0.3) is 11.0 Å². The van der Waals surface area contributed by atoms with Crippen LogP contribution in [-0.4, -0.2) is 82.4 Å². The molecular formula is C42H53N9O3. The summed E-state index contributed by atoms with van der Waals surface area (Å²) < 4.78 is 2.13. The van der Waals surface area contributed by atoms with E-state index in [1.807, 2.05) is 18.3 Å². The number of benzene rings is 1. The van der Waals surface area contributed by atoms with Crippen molar-refractivity contribution in [2.75, 3.05) is 55.4 Å². The Labute approximate surface area is 317 Å². The van der Waals surface area contributed by atoms with E-state index in [-0.39, 0.29) is 29.7 Å². The van der Waals surface area contributed by atoms with Gasteiger partial charge in [0.2, 0.25) is 17.8 Å². The van der Waals surface area contributed by atoms with Crippen molar-refractivity contribution in [1.29, 1.82) is 0 Å². The number of hydrogen-bond acceptors (Lipinski definition) is 9. The second-order valence-electron chi connectivity index (χ2n) is 16.1. The Hall–Kier alpha value is -5.00. The van der Waals surface area contributed by atoms with E-state index >= 15 is 0 Å². The standard InChI is InChI=1S/C42H53N9O3/c1-48(2)41(54)36-25-31-26-44-42(47-39(31)51(36)33-5-3-4-6-33)45-37-15-13-34(27-43-37)50-23-19-29(20-24-50)8-7-28-17-21-49(22-18-28)32-11-9-30(10-12-32)35-14-16-38(52)46-40(35)53/h9-13,15,25-29,33,35H,3-8,14,16-24H2,1-2H3,(H,46,52,53)(H,43,44,45,47). The van der Waals surface area contributed by atoms with Gasteiger partial charge in [-0.05, 0) is 92.7 Å². The summed E-state index contributed by atoms with van der Waals surface area (Å²) in [4.78, 5) is 57.6. The zero-order valence-electron chi connectivity index (χ0n) is 31.7. The predicted octanol–water partition coefficient (Wildman–Crippen LogP) is 6.82. The highest BCUT2D eigenvalue weighted by Gasteiger charge is 2.29. The van der Waals surface area contributed by atoms with Gasteiger partial charge in [-0.15, -0.1) is 0 Å². The van der Waals surface area contributed by atoms with Crippen molar-refractivity contribution < 1.29 is 14.4 Å². The molecule has 284 valence electrons. The zero-order valence-corrected chi connectivity index (χ0v) is 31.7. The molecule has 8 rings (SSSR count). The van der Waals surface area contributed by atoms with Crippen molar-refractivity contribution >= 4 is 51.9 Å². The quantitative estimate of drug-likeness (QED) is 0.169. The van der Waals surface area contributed by atoms with Gasteiger partial charge < -0.3 is 24.6 Å². The molecule has 12 heteroatoms. The molecule has 1 aromatic carbocycles. The Balaban J connectivity index is 0.792. The Morgan fingerprint density at radius 1 is 0.815 bits per heavy atom. The molecule has 0 radical (unpaired) electrons. The van der Waals surface area contributed by atoms with E-state index < -0.39 is 0 Å². The molecule has 1 atom stereocenters. The lowest BCUT2D eigenvalue weighted by molar-refractivity contribution is -0.134. The van der Waals surface area contributed by atoms with Crippen molar-refractivity contribution in [2.24, 2.45) is 11.8 Å². The number of amides is 3. The minimum atomic E-state index is -0.227. The molecule has 3 aliphatic heterocycles. The first-order valence-corrected chi connectivity index (χ1v) is 20.1. The van der Waals surface area contributed by atoms with E-state index in [4.69, 9.17) is 9.97 Å². The van der Waals surface area contributed by atoms with Crippen molar-refractivity contribution in [3.63, 3.8) is 0 Å². The minimum Gasteiger partial charge on any atom is -0.372 e. The highest BCUT2D eigenvalue weighted by molar-refractivity contribution is 6.01. The van der Waals surface area contributed by atoms with E-state index in [1.165, 1.54) is 57.1 Å². The van der Waals surface area contributed by atoms with Crippen LogP contribution in [0.2, 0.25) is 0 Å². The Morgan fingerprint density at radius 3 is 2.07 bits per heavy atom. The first-order chi connectivity index (χ1) is 26.3. The number of aromatic nitrogens is 4. The van der Waals surface area contributed by atoms with Crippen LogP contribution in [-0.2, 0) is 9.59 Å². The van der Waals surface area contributed by atoms with Gasteiger partial charge in [-0.1, -0.05) is 37.8 Å². The van der Waals surface area contributed by atoms with Gasteiger partial charge in [-0.3, -0.25) is 19.7 Å². The fourth-order valence-corrected chi connectivity index (χ4v) is 9.12. The van der Waals surface area contributed by atoms with E-state index in [2.05, 4.69) is 60.3 Å². The molecule has 12 nitrogen and oxygen atoms in total. The third kappa shape index (κ3) is 7.79. The molecule has 1 saturated carbocycles. The summed E-state index contributed by atoms with van der Waals surface area (Å²) in [6.07, 6.45) is 16.7. The van der Waals surface area contributed by atoms with Gasteiger partial charge in [0.25, 0.3) is 5.91 Å². The molecule has 0 bridgehead atoms. The topological polar surface area (TPSA) is 129 Å². The van der Waals surface area contributed by atoms with Crippen LogP contribution in [0, 0.1) is 11.8 Å². The SMILES string of the molecule is CN(C)C(=O)c1cc2cnc(Nc3ccc(N4CCC(CCC5CCN(c6ccc(C7CCC(=O)NC7=O)cc6)CC5)CC4)cn3)nc2n1C1CCCC1. The Kier molecular flexibility index (Phi) is 10.5. The molecule has 0 spiro atoms. The number of nitrogens with zero attached hydrogens (tertiary/aromatic N) is 7. The first kappa shape index (κ1) is 36.0. The third-order valence-corrected chi connectivity index (χ3v) is 12.4. The second kappa shape index (κ2) is 15.8. The molecule has 4 fully saturated rings. The molecule has 3 amide bonds. The van der Waals surface area contributed by atoms with Gasteiger partial charge in [0, 0.05) is 70.0 Å². The lowest BCUT2D eigenvalue weighted by atomic mass is 9.85. The van der Waals surface area contributed by atoms with Crippen LogP contribution in [0.1, 0.15) is 105 Å². The van der Waals surface area contributed by atoms with Crippen molar-refractivity contribution in [3.8, 4) is 0 Å². The maximum absolute atomic E-state index is 13.1. The Morgan fingerprint density at radius 2 is 1.46 bits per heavy atom. The molecule has 4 aromatic rings. The maximum Gasteiger partial charge on any atom is 0.270 e. The molecule has 54 heavy (non-hydrogen) atoms. The van der Waals surface area contributed by atoms with Gasteiger partial charge in [0.15, 0.2) is 0 Å². The highest BCUT2D eigenvalue weighted by atomic mass is 16.2. The number of pyridine rings is 1. The summed E-state index contributed by atoms with van der Waals surface area (Å²) in [7, 11) is 3.58. The third-order valence-electron chi connectivity index (χ3n) is 12.4. The van der Waals surface area contributed by atoms with Gasteiger partial charge in [-0.2, -0.15) is 4.98 Å². The maximum atomic E-state index is 13.1. The summed E-state index contributed by atoms with van der Waals surface area (Å²) in [6, 6.07) is 14.8. The summed E-state index contributed by atoms with van der Waals surface area (Å²) in [5.74, 6) is 2.16. The number of carbonyl (C=O) groups excluding carboxylic acids is 3. The lowest BCUT2D eigenvalue weighted by Crippen LogP contribution is -2.39. The highest BCUT2D eigenvalue weighted by Crippen LogP contribution is 2.36. The molecule has 2 N–H and O–H groups in total. The van der Waals surface area contributed by atoms with Crippen molar-refractivity contribution in [2.45, 2.75) is 89.0 Å². The summed E-state index contributed by atoms with van der Waals surface area (Å²) in [5.41, 5.74) is 4.84. The van der Waals surface area contributed by atoms with Crippen molar-refractivity contribution in [1.82, 2.24) is 29.7 Å². The number of hydrogen-bond donors (Lipinski definition) is 2. The predicted molar refractivity (Wildman–Crippen MR) is 211 cm³/mol. The number of imide groups is 1. The summed E-state index contributed by atoms with van der Waals surface area (Å²) in [5, 5.41) is 6.65. The number of fused-ring (bicyclic) bond motifs is 1. The normalized spacial score (nSPS) is 20.4. The zero-order chi connectivity index (χ0) is 37.2. The lowest BCUT2D eigenvalue weighted by Gasteiger charge is -2.36. The fourth-order valence-electron chi connectivity index (χ4n) is 9.12. The summed E-state index contributed by atoms with van der Waals surface area (Å²) in [6.45, 7) is 4.26. The van der Waals surface area contributed by atoms with E-state index in [0.29, 0.717) is 30.3 Å². The largest absolute Gasteiger partial charge is 0.372 e. The molecule has 1 aliphatic carbocycles. The number of rotatable bonds is 10. The van der Waals surface area contributed by atoms with Crippen LogP contribution in [0.5, 0.6) is 0 Å². The summed E-state index contributed by atoms with van der Waals surface area (Å²) >= 11 is 0. The number of anilines is 4. The Bertz CT molecular complexity index is 1950. The average molecular weight is 732 g/mol. The van der Waals surface area contributed by atoms with Crippen LogP contribution in [0.3, 0.4) is 0 Å². The van der Waals surface area contributed by atoms with Gasteiger partial charge in [0.1, 0.15) is 17.2 Å². The van der Waals surface area contributed by atoms with Crippen LogP contribution in [0.4, 0.5) is 23.1 Å². The molecule has 3 aromatic heterocycles. The van der Waals surface area contributed by atoms with Gasteiger partial charge >= 0.3 is 0 Å². The van der Waals surface area contributed by atoms with E-state index in [1.54, 1.807) is 25.2 Å². The van der Waals surface area contributed by atoms with Crippen LogP contribution >= 0.6 is 0 Å². The molecule has 1 unspecified atom stereocenters. The molecule has 3 saturated heterocycles. The second-order valence-corrected chi connectivity index (χ2v) is 16.1. The molecular weight excluding hydrogens is 679 g/mol. The number of nitrogens with one attached hydrogen (secondary N) is 2. The number of piperidine rings is 3. The average Bonchev–Trinajstić information content (AvgIpc) is 3.86. The van der Waals surface area contributed by atoms with Gasteiger partial charge in [-0.25, -0.2) is 9.97 Å². The van der Waals surface area contributed by atoms with Gasteiger partial charge in [0.05, 0.1) is 17.8 Å². The van der Waals surface area contributed by atoms with Crippen LogP contribution in [0.15, 0.2) is 54.9 Å². The van der Waals surface area contributed by atoms with E-state index in [9.17, 15) is 14.4 Å². The minimum absolute atomic E-state index is 0.0119. The monoisotopic (exact) mass is 731 g/mol. The van der Waals surface area contributed by atoms with Crippen molar-refractivity contribution in [3.05, 3.63) is 66.1 Å². The smallest absolute Gasteiger partial charge is 0.270 e. The molecule has 4 aliphatic rings. The fraction of sp³-hybridized carbons (Fsp3) is 0.524. The van der Waals surface area contributed by atoms with E-state index in [0.717, 1.165) is 73.1 Å². The molecule has 6 heterocycles.